The number of carbonyl (C=O) groups is 1. The molecule has 0 saturated heterocycles. The molecule has 1 saturated carbocycles. The molecular weight excluding hydrogens is 332 g/mol. The van der Waals surface area contributed by atoms with E-state index in [0.29, 0.717) is 12.2 Å². The third-order valence-corrected chi connectivity index (χ3v) is 5.86. The summed E-state index contributed by atoms with van der Waals surface area (Å²) in [5.41, 5.74) is 4.91. The van der Waals surface area contributed by atoms with Gasteiger partial charge in [0.1, 0.15) is 0 Å². The highest BCUT2D eigenvalue weighted by molar-refractivity contribution is 5.99. The van der Waals surface area contributed by atoms with Gasteiger partial charge in [-0.3, -0.25) is 4.79 Å². The van der Waals surface area contributed by atoms with Crippen LogP contribution in [-0.4, -0.2) is 23.3 Å². The number of aromatic nitrogens is 1. The topological polar surface area (TPSA) is 33.5 Å². The number of Topliss-reactive ketones (excluding diaryl/α,β-unsaturated/α-hetero) is 1. The number of pyridine rings is 1. The average Bonchev–Trinajstić information content (AvgIpc) is 2.95. The molecule has 0 amide bonds. The van der Waals surface area contributed by atoms with E-state index in [9.17, 15) is 4.79 Å². The lowest BCUT2D eigenvalue weighted by molar-refractivity contribution is 0.0966. The monoisotopic (exact) mass is 360 g/mol. The molecule has 0 aromatic carbocycles. The molecule has 0 unspecified atom stereocenters. The predicted octanol–water partition coefficient (Wildman–Crippen LogP) is 4.59. The van der Waals surface area contributed by atoms with Crippen molar-refractivity contribution in [3.8, 4) is 0 Å². The number of hydrogen-bond donors (Lipinski definition) is 1. The third kappa shape index (κ3) is 3.78. The standard InChI is InChI=1S/C21H28N2O.ClH/c24-20-11-6-9-18-17(19-10-4-5-14-23(19)21(18)20)12-13-22-15-16-7-2-1-3-8-16;/h4-5,10,14,16,22H,1-3,6-9,11-13,15H2;1H. The highest BCUT2D eigenvalue weighted by Gasteiger charge is 2.25. The zero-order valence-electron chi connectivity index (χ0n) is 14.9. The Hall–Kier alpha value is -1.32. The van der Waals surface area contributed by atoms with Crippen LogP contribution in [-0.2, 0) is 12.8 Å². The molecule has 0 atom stereocenters. The van der Waals surface area contributed by atoms with Gasteiger partial charge in [0, 0.05) is 18.1 Å². The summed E-state index contributed by atoms with van der Waals surface area (Å²) in [4.78, 5) is 12.4. The summed E-state index contributed by atoms with van der Waals surface area (Å²) in [6, 6.07) is 6.28. The van der Waals surface area contributed by atoms with Gasteiger partial charge in [0.15, 0.2) is 5.78 Å². The predicted molar refractivity (Wildman–Crippen MR) is 105 cm³/mol. The van der Waals surface area contributed by atoms with Gasteiger partial charge in [-0.25, -0.2) is 0 Å². The minimum absolute atomic E-state index is 0. The molecule has 1 fully saturated rings. The van der Waals surface area contributed by atoms with Crippen molar-refractivity contribution in [3.05, 3.63) is 41.2 Å². The van der Waals surface area contributed by atoms with Gasteiger partial charge in [0.2, 0.25) is 0 Å². The van der Waals surface area contributed by atoms with Gasteiger partial charge in [-0.1, -0.05) is 25.3 Å². The first kappa shape index (κ1) is 18.5. The van der Waals surface area contributed by atoms with Gasteiger partial charge >= 0.3 is 0 Å². The van der Waals surface area contributed by atoms with Crippen LogP contribution in [0, 0.1) is 5.92 Å². The van der Waals surface area contributed by atoms with Crippen LogP contribution in [0.3, 0.4) is 0 Å². The Morgan fingerprint density at radius 1 is 1.08 bits per heavy atom. The van der Waals surface area contributed by atoms with Crippen LogP contribution in [0.5, 0.6) is 0 Å². The maximum atomic E-state index is 12.4. The van der Waals surface area contributed by atoms with Crippen LogP contribution < -0.4 is 5.32 Å². The van der Waals surface area contributed by atoms with Crippen molar-refractivity contribution < 1.29 is 4.79 Å². The van der Waals surface area contributed by atoms with Crippen molar-refractivity contribution in [2.75, 3.05) is 13.1 Å². The van der Waals surface area contributed by atoms with Crippen molar-refractivity contribution in [1.29, 1.82) is 0 Å². The molecular formula is C21H29ClN2O. The molecule has 0 bridgehead atoms. The first-order valence-corrected chi connectivity index (χ1v) is 9.69. The Morgan fingerprint density at radius 3 is 2.76 bits per heavy atom. The summed E-state index contributed by atoms with van der Waals surface area (Å²) in [6.07, 6.45) is 12.9. The SMILES string of the molecule is Cl.O=C1CCCc2c(CCNCC3CCCCC3)c3ccccn3c21. The number of nitrogens with one attached hydrogen (secondary N) is 1. The van der Waals surface area contributed by atoms with Crippen LogP contribution in [0.1, 0.15) is 66.6 Å². The highest BCUT2D eigenvalue weighted by atomic mass is 35.5. The maximum Gasteiger partial charge on any atom is 0.179 e. The number of carbonyl (C=O) groups excluding carboxylic acids is 1. The zero-order valence-corrected chi connectivity index (χ0v) is 15.7. The number of nitrogens with zero attached hydrogens (tertiary/aromatic N) is 1. The fourth-order valence-corrected chi connectivity index (χ4v) is 4.63. The Morgan fingerprint density at radius 2 is 1.92 bits per heavy atom. The maximum absolute atomic E-state index is 12.4. The Labute approximate surface area is 156 Å². The van der Waals surface area contributed by atoms with E-state index in [-0.39, 0.29) is 12.4 Å². The summed E-state index contributed by atoms with van der Waals surface area (Å²) in [5, 5.41) is 3.68. The van der Waals surface area contributed by atoms with Crippen molar-refractivity contribution in [2.24, 2.45) is 5.92 Å². The van der Waals surface area contributed by atoms with E-state index >= 15 is 0 Å². The molecule has 2 heterocycles. The van der Waals surface area contributed by atoms with E-state index in [1.807, 2.05) is 6.07 Å². The van der Waals surface area contributed by atoms with E-state index < -0.39 is 0 Å². The quantitative estimate of drug-likeness (QED) is 0.791. The first-order valence-electron chi connectivity index (χ1n) is 9.69. The normalized spacial score (nSPS) is 18.2. The molecule has 2 aliphatic carbocycles. The molecule has 136 valence electrons. The zero-order chi connectivity index (χ0) is 16.4. The van der Waals surface area contributed by atoms with Gasteiger partial charge in [-0.05, 0) is 74.4 Å². The Balaban J connectivity index is 0.00000182. The minimum Gasteiger partial charge on any atom is -0.316 e. The molecule has 3 nitrogen and oxygen atoms in total. The lowest BCUT2D eigenvalue weighted by Gasteiger charge is -2.21. The van der Waals surface area contributed by atoms with Gasteiger partial charge in [0.25, 0.3) is 0 Å². The Kier molecular flexibility index (Phi) is 6.19. The van der Waals surface area contributed by atoms with Crippen molar-refractivity contribution in [2.45, 2.75) is 57.8 Å². The molecule has 25 heavy (non-hydrogen) atoms. The van der Waals surface area contributed by atoms with Crippen LogP contribution >= 0.6 is 12.4 Å². The number of fused-ring (bicyclic) bond motifs is 3. The second-order valence-electron chi connectivity index (χ2n) is 7.50. The summed E-state index contributed by atoms with van der Waals surface area (Å²) in [6.45, 7) is 2.18. The van der Waals surface area contributed by atoms with Crippen molar-refractivity contribution in [1.82, 2.24) is 9.72 Å². The Bertz CT molecular complexity index is 731. The largest absolute Gasteiger partial charge is 0.316 e. The third-order valence-electron chi connectivity index (χ3n) is 5.86. The average molecular weight is 361 g/mol. The van der Waals surface area contributed by atoms with E-state index in [2.05, 4.69) is 28.0 Å². The summed E-state index contributed by atoms with van der Waals surface area (Å²) in [7, 11) is 0. The molecule has 0 spiro atoms. The smallest absolute Gasteiger partial charge is 0.179 e. The molecule has 4 heteroatoms. The molecule has 2 aromatic heterocycles. The van der Waals surface area contributed by atoms with E-state index in [1.165, 1.54) is 48.7 Å². The molecule has 2 aromatic rings. The molecule has 2 aliphatic rings. The van der Waals surface area contributed by atoms with Gasteiger partial charge in [-0.2, -0.15) is 0 Å². The summed E-state index contributed by atoms with van der Waals surface area (Å²) < 4.78 is 2.13. The van der Waals surface area contributed by atoms with Crippen LogP contribution in [0.2, 0.25) is 0 Å². The minimum atomic E-state index is 0. The number of rotatable bonds is 5. The van der Waals surface area contributed by atoms with Crippen LogP contribution in [0.25, 0.3) is 5.52 Å². The van der Waals surface area contributed by atoms with Crippen molar-refractivity contribution >= 4 is 23.7 Å². The summed E-state index contributed by atoms with van der Waals surface area (Å²) in [5.74, 6) is 1.19. The second-order valence-corrected chi connectivity index (χ2v) is 7.50. The first-order chi connectivity index (χ1) is 11.8. The van der Waals surface area contributed by atoms with Crippen LogP contribution in [0.4, 0.5) is 0 Å². The fourth-order valence-electron chi connectivity index (χ4n) is 4.63. The van der Waals surface area contributed by atoms with E-state index in [4.69, 9.17) is 0 Å². The highest BCUT2D eigenvalue weighted by Crippen LogP contribution is 2.30. The van der Waals surface area contributed by atoms with E-state index in [0.717, 1.165) is 44.0 Å². The number of hydrogen-bond acceptors (Lipinski definition) is 2. The second kappa shape index (κ2) is 8.37. The molecule has 4 rings (SSSR count). The van der Waals surface area contributed by atoms with Crippen molar-refractivity contribution in [3.63, 3.8) is 0 Å². The molecule has 0 aliphatic heterocycles. The number of ketones is 1. The van der Waals surface area contributed by atoms with Crippen LogP contribution in [0.15, 0.2) is 24.4 Å². The van der Waals surface area contributed by atoms with Gasteiger partial charge in [0.05, 0.1) is 5.69 Å². The lowest BCUT2D eigenvalue weighted by Crippen LogP contribution is -2.26. The molecule has 1 N–H and O–H groups in total. The van der Waals surface area contributed by atoms with Gasteiger partial charge < -0.3 is 9.72 Å². The number of halogens is 1. The fraction of sp³-hybridized carbons (Fsp3) is 0.571. The lowest BCUT2D eigenvalue weighted by atomic mass is 9.89. The molecule has 0 radical (unpaired) electrons. The van der Waals surface area contributed by atoms with Gasteiger partial charge in [-0.15, -0.1) is 12.4 Å². The van der Waals surface area contributed by atoms with E-state index in [1.54, 1.807) is 0 Å². The summed E-state index contributed by atoms with van der Waals surface area (Å²) >= 11 is 0.